The Labute approximate surface area is 134 Å². The average molecular weight is 401 g/mol. The van der Waals surface area contributed by atoms with Crippen molar-refractivity contribution in [2.75, 3.05) is 0 Å². The molecule has 0 radical (unpaired) electrons. The molecule has 0 spiro atoms. The van der Waals surface area contributed by atoms with Gasteiger partial charge in [-0.2, -0.15) is 0 Å². The molecular weight excluding hydrogens is 385 g/mol. The summed E-state index contributed by atoms with van der Waals surface area (Å²) in [6, 6.07) is 6.99. The molecule has 2 aromatic rings. The molecular formula is C14H16BrF3O3S. The van der Waals surface area contributed by atoms with Crippen LogP contribution in [0.25, 0.3) is 10.1 Å². The molecule has 0 aliphatic rings. The average Bonchev–Trinajstić information content (AvgIpc) is 2.72. The predicted octanol–water partition coefficient (Wildman–Crippen LogP) is 2.15. The SMILES string of the molecule is CCCCc1cc2cc(C)ccc2[s+]1C(F)(F)F.[O-][Br+2]([O-])[O-]. The lowest BCUT2D eigenvalue weighted by molar-refractivity contribution is -1.73. The van der Waals surface area contributed by atoms with E-state index in [1.54, 1.807) is 18.2 Å². The van der Waals surface area contributed by atoms with E-state index in [9.17, 15) is 13.2 Å². The van der Waals surface area contributed by atoms with E-state index in [-0.39, 0.29) is 0 Å². The highest BCUT2D eigenvalue weighted by molar-refractivity contribution is 7.38. The van der Waals surface area contributed by atoms with E-state index >= 15 is 0 Å². The maximum absolute atomic E-state index is 13.2. The van der Waals surface area contributed by atoms with Crippen molar-refractivity contribution in [3.63, 3.8) is 0 Å². The van der Waals surface area contributed by atoms with Crippen LogP contribution in [0.4, 0.5) is 13.2 Å². The zero-order valence-electron chi connectivity index (χ0n) is 12.1. The standard InChI is InChI=1S/C14H16F3S.BrO3/c1-3-4-5-12-9-11-8-10(2)6-7-13(11)18(12)14(15,16)17;2-1(3)4/h6-9H,3-5H2,1-2H3;/q+1;-1. The first-order valence-electron chi connectivity index (χ1n) is 6.52. The largest absolute Gasteiger partial charge is 0.600 e. The Morgan fingerprint density at radius 1 is 1.14 bits per heavy atom. The minimum absolute atomic E-state index is 0.444. The van der Waals surface area contributed by atoms with Crippen molar-refractivity contribution in [2.45, 2.75) is 38.6 Å². The zero-order valence-corrected chi connectivity index (χ0v) is 14.5. The summed E-state index contributed by atoms with van der Waals surface area (Å²) in [4.78, 5) is 0.546. The second-order valence-electron chi connectivity index (χ2n) is 4.70. The molecule has 0 aliphatic heterocycles. The fourth-order valence-electron chi connectivity index (χ4n) is 2.14. The number of hydrogen-bond donors (Lipinski definition) is 0. The molecule has 0 amide bonds. The van der Waals surface area contributed by atoms with Crippen LogP contribution >= 0.6 is 10.5 Å². The normalized spacial score (nSPS) is 12.5. The van der Waals surface area contributed by atoms with E-state index in [2.05, 4.69) is 0 Å². The Morgan fingerprint density at radius 3 is 2.23 bits per heavy atom. The summed E-state index contributed by atoms with van der Waals surface area (Å²) in [7, 11) is -1.71. The van der Waals surface area contributed by atoms with E-state index in [1.165, 1.54) is 0 Å². The van der Waals surface area contributed by atoms with Crippen molar-refractivity contribution in [1.82, 2.24) is 0 Å². The molecule has 0 saturated carbocycles. The van der Waals surface area contributed by atoms with E-state index in [4.69, 9.17) is 12.6 Å². The van der Waals surface area contributed by atoms with Gasteiger partial charge in [-0.05, 0) is 25.5 Å². The Hall–Kier alpha value is -0.670. The van der Waals surface area contributed by atoms with Gasteiger partial charge in [0.25, 0.3) is 0 Å². The van der Waals surface area contributed by atoms with Gasteiger partial charge in [0.2, 0.25) is 14.8 Å². The Bertz CT molecular complexity index is 608. The van der Waals surface area contributed by atoms with Crippen LogP contribution in [0.2, 0.25) is 0 Å². The smallest absolute Gasteiger partial charge is 0.405 e. The molecule has 3 nitrogen and oxygen atoms in total. The summed E-state index contributed by atoms with van der Waals surface area (Å²) in [6.45, 7) is 3.91. The Morgan fingerprint density at radius 2 is 1.73 bits per heavy atom. The van der Waals surface area contributed by atoms with Gasteiger partial charge in [0, 0.05) is 17.9 Å². The molecule has 1 aromatic carbocycles. The summed E-state index contributed by atoms with van der Waals surface area (Å²) in [5.74, 6) is 0. The first-order chi connectivity index (χ1) is 10.2. The minimum atomic E-state index is -4.15. The third kappa shape index (κ3) is 5.51. The third-order valence-corrected chi connectivity index (χ3v) is 5.09. The monoisotopic (exact) mass is 400 g/mol. The molecule has 1 heterocycles. The number of rotatable bonds is 3. The van der Waals surface area contributed by atoms with E-state index in [0.29, 0.717) is 16.0 Å². The molecule has 1 unspecified atom stereocenters. The van der Waals surface area contributed by atoms with Gasteiger partial charge in [0.05, 0.1) is 10.5 Å². The van der Waals surface area contributed by atoms with Crippen molar-refractivity contribution in [3.05, 3.63) is 34.7 Å². The molecule has 22 heavy (non-hydrogen) atoms. The van der Waals surface area contributed by atoms with Crippen LogP contribution in [0.3, 0.4) is 0 Å². The van der Waals surface area contributed by atoms with Gasteiger partial charge in [-0.1, -0.05) is 25.0 Å². The first kappa shape index (κ1) is 19.4. The molecule has 124 valence electrons. The number of benzene rings is 1. The van der Waals surface area contributed by atoms with Crippen LogP contribution in [0.1, 0.15) is 30.2 Å². The molecule has 8 heteroatoms. The van der Waals surface area contributed by atoms with Gasteiger partial charge in [-0.25, -0.2) is 0 Å². The molecule has 0 saturated heterocycles. The summed E-state index contributed by atoms with van der Waals surface area (Å²) in [6.07, 6.45) is 2.28. The number of halogens is 4. The summed E-state index contributed by atoms with van der Waals surface area (Å²) in [5.41, 5.74) is -3.15. The highest BCUT2D eigenvalue weighted by Crippen LogP contribution is 2.51. The number of fused-ring (bicyclic) bond motifs is 1. The lowest BCUT2D eigenvalue weighted by atomic mass is 10.1. The van der Waals surface area contributed by atoms with E-state index < -0.39 is 30.8 Å². The first-order valence-corrected chi connectivity index (χ1v) is 9.69. The fraction of sp³-hybridized carbons (Fsp3) is 0.429. The molecule has 1 atom stereocenters. The summed E-state index contributed by atoms with van der Waals surface area (Å²) < 4.78 is 65.6. The van der Waals surface area contributed by atoms with Crippen LogP contribution in [-0.4, -0.2) is 0 Å². The molecule has 0 bridgehead atoms. The molecule has 2 rings (SSSR count). The number of unbranched alkanes of at least 4 members (excludes halogenated alkanes) is 1. The quantitative estimate of drug-likeness (QED) is 0.741. The van der Waals surface area contributed by atoms with Crippen LogP contribution in [0, 0.1) is 21.7 Å². The summed E-state index contributed by atoms with van der Waals surface area (Å²) in [5, 5.41) is 0.752. The van der Waals surface area contributed by atoms with E-state index in [0.717, 1.165) is 23.8 Å². The Balaban J connectivity index is 0.000000541. The van der Waals surface area contributed by atoms with Gasteiger partial charge >= 0.3 is 5.51 Å². The number of hydrogen-bond acceptors (Lipinski definition) is 3. The number of alkyl halides is 3. The maximum Gasteiger partial charge on any atom is 0.600 e. The number of aryl methyl sites for hydroxylation is 2. The van der Waals surface area contributed by atoms with Gasteiger partial charge in [-0.15, -0.1) is 13.2 Å². The second kappa shape index (κ2) is 8.26. The second-order valence-corrected chi connectivity index (χ2v) is 7.53. The predicted molar refractivity (Wildman–Crippen MR) is 71.1 cm³/mol. The molecule has 0 fully saturated rings. The molecule has 0 N–H and O–H groups in total. The van der Waals surface area contributed by atoms with E-state index in [1.807, 2.05) is 19.9 Å². The highest BCUT2D eigenvalue weighted by Gasteiger charge is 2.47. The van der Waals surface area contributed by atoms with Crippen LogP contribution in [-0.2, 0) is 11.9 Å². The fourth-order valence-corrected chi connectivity index (χ4v) is 4.12. The van der Waals surface area contributed by atoms with Crippen LogP contribution < -0.4 is 12.6 Å². The topological polar surface area (TPSA) is 69.2 Å². The van der Waals surface area contributed by atoms with Gasteiger partial charge in [-0.3, -0.25) is 0 Å². The summed E-state index contributed by atoms with van der Waals surface area (Å²) >= 11 is -3.65. The van der Waals surface area contributed by atoms with Crippen LogP contribution in [0.15, 0.2) is 24.3 Å². The molecule has 1 aromatic heterocycles. The minimum Gasteiger partial charge on any atom is -0.405 e. The van der Waals surface area contributed by atoms with Gasteiger partial charge in [0.1, 0.15) is 0 Å². The van der Waals surface area contributed by atoms with Gasteiger partial charge in [0.15, 0.2) is 9.58 Å². The Kier molecular flexibility index (Phi) is 7.27. The van der Waals surface area contributed by atoms with Crippen molar-refractivity contribution in [3.8, 4) is 0 Å². The highest BCUT2D eigenvalue weighted by atomic mass is 80.0. The van der Waals surface area contributed by atoms with Crippen molar-refractivity contribution >= 4 is 20.6 Å². The van der Waals surface area contributed by atoms with Crippen molar-refractivity contribution in [2.24, 2.45) is 0 Å². The lowest BCUT2D eigenvalue weighted by Crippen LogP contribution is -2.42. The number of thiophene rings is 1. The van der Waals surface area contributed by atoms with Crippen LogP contribution in [0.5, 0.6) is 0 Å². The maximum atomic E-state index is 13.2. The zero-order chi connectivity index (χ0) is 16.9. The van der Waals surface area contributed by atoms with Crippen molar-refractivity contribution in [1.29, 1.82) is 0 Å². The molecule has 0 aliphatic carbocycles. The van der Waals surface area contributed by atoms with Crippen molar-refractivity contribution < 1.29 is 40.6 Å². The van der Waals surface area contributed by atoms with Gasteiger partial charge < -0.3 is 12.6 Å². The third-order valence-electron chi connectivity index (χ3n) is 2.97. The lowest BCUT2D eigenvalue weighted by Gasteiger charge is -1.99.